The van der Waals surface area contributed by atoms with Gasteiger partial charge in [-0.15, -0.1) is 0 Å². The number of amides is 1. The maximum atomic E-state index is 12.1. The highest BCUT2D eigenvalue weighted by Gasteiger charge is 2.13. The average molecular weight is 279 g/mol. The molecule has 0 atom stereocenters. The standard InChI is InChI=1S/C15H21NO4/c1-11-6-7-13(20-3)12(9-11)10-14(17)16(2)8-4-5-15(18)19/h6-7,9H,4-5,8,10H2,1-3H3,(H,18,19). The first kappa shape index (κ1) is 16.0. The molecule has 1 rings (SSSR count). The van der Waals surface area contributed by atoms with Crippen LogP contribution in [0.15, 0.2) is 18.2 Å². The Morgan fingerprint density at radius 1 is 1.35 bits per heavy atom. The van der Waals surface area contributed by atoms with Gasteiger partial charge in [0.05, 0.1) is 13.5 Å². The third-order valence-electron chi connectivity index (χ3n) is 3.09. The van der Waals surface area contributed by atoms with E-state index in [1.165, 1.54) is 0 Å². The smallest absolute Gasteiger partial charge is 0.303 e. The first-order valence-electron chi connectivity index (χ1n) is 6.53. The number of aryl methyl sites for hydroxylation is 1. The van der Waals surface area contributed by atoms with E-state index in [-0.39, 0.29) is 18.7 Å². The summed E-state index contributed by atoms with van der Waals surface area (Å²) in [6.45, 7) is 2.41. The van der Waals surface area contributed by atoms with E-state index in [2.05, 4.69) is 0 Å². The van der Waals surface area contributed by atoms with Crippen molar-refractivity contribution in [2.24, 2.45) is 0 Å². The first-order chi connectivity index (χ1) is 9.43. The molecule has 0 spiro atoms. The summed E-state index contributed by atoms with van der Waals surface area (Å²) in [4.78, 5) is 24.1. The summed E-state index contributed by atoms with van der Waals surface area (Å²) in [5.74, 6) is -0.187. The van der Waals surface area contributed by atoms with E-state index in [1.807, 2.05) is 25.1 Å². The number of ether oxygens (including phenoxy) is 1. The van der Waals surface area contributed by atoms with Gasteiger partial charge in [-0.1, -0.05) is 17.7 Å². The quantitative estimate of drug-likeness (QED) is 0.827. The van der Waals surface area contributed by atoms with Crippen LogP contribution in [0.4, 0.5) is 0 Å². The molecule has 0 saturated heterocycles. The van der Waals surface area contributed by atoms with Crippen LogP contribution in [-0.2, 0) is 16.0 Å². The Morgan fingerprint density at radius 2 is 2.05 bits per heavy atom. The van der Waals surface area contributed by atoms with Crippen LogP contribution in [0, 0.1) is 6.92 Å². The second-order valence-corrected chi connectivity index (χ2v) is 4.80. The van der Waals surface area contributed by atoms with E-state index in [1.54, 1.807) is 19.1 Å². The molecule has 0 aliphatic carbocycles. The fraction of sp³-hybridized carbons (Fsp3) is 0.467. The highest BCUT2D eigenvalue weighted by Crippen LogP contribution is 2.20. The molecule has 0 saturated carbocycles. The van der Waals surface area contributed by atoms with Crippen molar-refractivity contribution in [3.63, 3.8) is 0 Å². The molecule has 110 valence electrons. The molecule has 1 aromatic rings. The van der Waals surface area contributed by atoms with Crippen LogP contribution in [0.2, 0.25) is 0 Å². The lowest BCUT2D eigenvalue weighted by Crippen LogP contribution is -2.29. The van der Waals surface area contributed by atoms with Crippen molar-refractivity contribution >= 4 is 11.9 Å². The number of aliphatic carboxylic acids is 1. The lowest BCUT2D eigenvalue weighted by Gasteiger charge is -2.17. The van der Waals surface area contributed by atoms with Crippen molar-refractivity contribution in [3.05, 3.63) is 29.3 Å². The minimum atomic E-state index is -0.841. The molecule has 1 N–H and O–H groups in total. The summed E-state index contributed by atoms with van der Waals surface area (Å²) in [5.41, 5.74) is 1.92. The largest absolute Gasteiger partial charge is 0.496 e. The molecule has 5 nitrogen and oxygen atoms in total. The van der Waals surface area contributed by atoms with Crippen LogP contribution < -0.4 is 4.74 Å². The third-order valence-corrected chi connectivity index (χ3v) is 3.09. The summed E-state index contributed by atoms with van der Waals surface area (Å²) in [6, 6.07) is 5.72. The van der Waals surface area contributed by atoms with Gasteiger partial charge in [0.25, 0.3) is 0 Å². The van der Waals surface area contributed by atoms with Gasteiger partial charge in [0.2, 0.25) is 5.91 Å². The van der Waals surface area contributed by atoms with Crippen LogP contribution in [0.5, 0.6) is 5.75 Å². The number of methoxy groups -OCH3 is 1. The molecule has 0 unspecified atom stereocenters. The monoisotopic (exact) mass is 279 g/mol. The predicted octanol–water partition coefficient (Wildman–Crippen LogP) is 1.87. The maximum Gasteiger partial charge on any atom is 0.303 e. The molecule has 0 heterocycles. The maximum absolute atomic E-state index is 12.1. The molecule has 0 aliphatic heterocycles. The normalized spacial score (nSPS) is 10.2. The van der Waals surface area contributed by atoms with Gasteiger partial charge in [-0.25, -0.2) is 0 Å². The highest BCUT2D eigenvalue weighted by atomic mass is 16.5. The number of hydrogen-bond acceptors (Lipinski definition) is 3. The first-order valence-corrected chi connectivity index (χ1v) is 6.53. The van der Waals surface area contributed by atoms with Gasteiger partial charge in [0.15, 0.2) is 0 Å². The topological polar surface area (TPSA) is 66.8 Å². The second kappa shape index (κ2) is 7.53. The van der Waals surface area contributed by atoms with Gasteiger partial charge in [-0.3, -0.25) is 9.59 Å². The van der Waals surface area contributed by atoms with Gasteiger partial charge in [0.1, 0.15) is 5.75 Å². The summed E-state index contributed by atoms with van der Waals surface area (Å²) in [7, 11) is 3.27. The van der Waals surface area contributed by atoms with Crippen LogP contribution in [0.1, 0.15) is 24.0 Å². The van der Waals surface area contributed by atoms with Crippen LogP contribution in [-0.4, -0.2) is 42.6 Å². The zero-order valence-corrected chi connectivity index (χ0v) is 12.2. The van der Waals surface area contributed by atoms with E-state index >= 15 is 0 Å². The van der Waals surface area contributed by atoms with Crippen LogP contribution in [0.3, 0.4) is 0 Å². The molecule has 1 amide bonds. The van der Waals surface area contributed by atoms with E-state index in [0.29, 0.717) is 18.7 Å². The Labute approximate surface area is 119 Å². The molecule has 0 aromatic heterocycles. The van der Waals surface area contributed by atoms with Crippen molar-refractivity contribution < 1.29 is 19.4 Å². The fourth-order valence-electron chi connectivity index (χ4n) is 1.94. The lowest BCUT2D eigenvalue weighted by molar-refractivity contribution is -0.138. The minimum Gasteiger partial charge on any atom is -0.496 e. The Morgan fingerprint density at radius 3 is 2.65 bits per heavy atom. The van der Waals surface area contributed by atoms with Gasteiger partial charge >= 0.3 is 5.97 Å². The number of carbonyl (C=O) groups excluding carboxylic acids is 1. The van der Waals surface area contributed by atoms with Gasteiger partial charge in [0, 0.05) is 25.6 Å². The minimum absolute atomic E-state index is 0.0423. The zero-order valence-electron chi connectivity index (χ0n) is 12.2. The molecule has 0 radical (unpaired) electrons. The van der Waals surface area contributed by atoms with Crippen LogP contribution in [0.25, 0.3) is 0 Å². The number of carboxylic acid groups (broad SMARTS) is 1. The van der Waals surface area contributed by atoms with Gasteiger partial charge in [-0.05, 0) is 19.4 Å². The Balaban J connectivity index is 2.61. The second-order valence-electron chi connectivity index (χ2n) is 4.80. The summed E-state index contributed by atoms with van der Waals surface area (Å²) in [6.07, 6.45) is 0.794. The van der Waals surface area contributed by atoms with Crippen molar-refractivity contribution in [1.82, 2.24) is 4.90 Å². The van der Waals surface area contributed by atoms with Gasteiger partial charge < -0.3 is 14.7 Å². The van der Waals surface area contributed by atoms with Crippen molar-refractivity contribution in [3.8, 4) is 5.75 Å². The Kier molecular flexibility index (Phi) is 6.03. The number of rotatable bonds is 7. The number of hydrogen-bond donors (Lipinski definition) is 1. The fourth-order valence-corrected chi connectivity index (χ4v) is 1.94. The van der Waals surface area contributed by atoms with Crippen molar-refractivity contribution in [1.29, 1.82) is 0 Å². The van der Waals surface area contributed by atoms with Crippen molar-refractivity contribution in [2.75, 3.05) is 20.7 Å². The highest BCUT2D eigenvalue weighted by molar-refractivity contribution is 5.79. The molecule has 0 aliphatic rings. The molecular formula is C15H21NO4. The van der Waals surface area contributed by atoms with Crippen LogP contribution >= 0.6 is 0 Å². The molecule has 20 heavy (non-hydrogen) atoms. The number of carbonyl (C=O) groups is 2. The summed E-state index contributed by atoms with van der Waals surface area (Å²) < 4.78 is 5.25. The molecule has 1 aromatic carbocycles. The summed E-state index contributed by atoms with van der Waals surface area (Å²) in [5, 5.41) is 8.58. The van der Waals surface area contributed by atoms with Crippen molar-refractivity contribution in [2.45, 2.75) is 26.2 Å². The zero-order chi connectivity index (χ0) is 15.1. The van der Waals surface area contributed by atoms with Gasteiger partial charge in [-0.2, -0.15) is 0 Å². The SMILES string of the molecule is COc1ccc(C)cc1CC(=O)N(C)CCCC(=O)O. The molecule has 0 fully saturated rings. The van der Waals surface area contributed by atoms with E-state index < -0.39 is 5.97 Å². The lowest BCUT2D eigenvalue weighted by atomic mass is 10.1. The predicted molar refractivity (Wildman–Crippen MR) is 75.9 cm³/mol. The number of carboxylic acids is 1. The number of nitrogens with zero attached hydrogens (tertiary/aromatic N) is 1. The van der Waals surface area contributed by atoms with E-state index in [9.17, 15) is 9.59 Å². The third kappa shape index (κ3) is 4.91. The average Bonchev–Trinajstić information content (AvgIpc) is 2.38. The van der Waals surface area contributed by atoms with E-state index in [4.69, 9.17) is 9.84 Å². The Bertz CT molecular complexity index is 485. The number of benzene rings is 1. The summed E-state index contributed by atoms with van der Waals surface area (Å²) >= 11 is 0. The Hall–Kier alpha value is -2.04. The van der Waals surface area contributed by atoms with E-state index in [0.717, 1.165) is 11.1 Å². The molecular weight excluding hydrogens is 258 g/mol. The molecule has 0 bridgehead atoms. The molecule has 5 heteroatoms. The number of likely N-dealkylation sites (N-methyl/N-ethyl adjacent to an activating group) is 1.